The number of ether oxygens (including phenoxy) is 1. The Hall–Kier alpha value is -2.56. The van der Waals surface area contributed by atoms with Gasteiger partial charge in [-0.05, 0) is 34.5 Å². The Kier molecular flexibility index (Phi) is 5.45. The predicted octanol–water partition coefficient (Wildman–Crippen LogP) is 5.00. The first-order valence-electron chi connectivity index (χ1n) is 7.80. The van der Waals surface area contributed by atoms with Crippen molar-refractivity contribution in [1.29, 1.82) is 0 Å². The smallest absolute Gasteiger partial charge is 0.345 e. The zero-order valence-electron chi connectivity index (χ0n) is 13.5. The summed E-state index contributed by atoms with van der Waals surface area (Å²) >= 11 is 11.7. The molecule has 4 nitrogen and oxygen atoms in total. The molecular weight excluding hydrogens is 375 g/mol. The van der Waals surface area contributed by atoms with Crippen LogP contribution in [0.1, 0.15) is 15.9 Å². The normalized spacial score (nSPS) is 11.9. The standard InChI is InChI=1S/C20H14Cl2O4/c21-16-8-7-15(11-17(16)22)20(25)26-18(19(23)24)10-12-5-6-13-3-1-2-4-14(13)9-12/h1-9,11,18H,10H2,(H,23,24)/t18-/m1/s1. The van der Waals surface area contributed by atoms with Gasteiger partial charge in [-0.3, -0.25) is 0 Å². The number of rotatable bonds is 5. The third kappa shape index (κ3) is 4.15. The molecule has 26 heavy (non-hydrogen) atoms. The molecule has 6 heteroatoms. The molecule has 1 atom stereocenters. The average Bonchev–Trinajstić information content (AvgIpc) is 2.63. The number of carboxylic acids is 1. The summed E-state index contributed by atoms with van der Waals surface area (Å²) in [5.41, 5.74) is 0.905. The number of halogens is 2. The molecule has 0 amide bonds. The van der Waals surface area contributed by atoms with Crippen molar-refractivity contribution in [2.75, 3.05) is 0 Å². The molecule has 0 radical (unpaired) electrons. The van der Waals surface area contributed by atoms with Gasteiger partial charge in [-0.1, -0.05) is 65.7 Å². The van der Waals surface area contributed by atoms with Gasteiger partial charge in [0.2, 0.25) is 6.10 Å². The molecule has 0 bridgehead atoms. The van der Waals surface area contributed by atoms with Crippen molar-refractivity contribution in [3.05, 3.63) is 81.8 Å². The number of fused-ring (bicyclic) bond motifs is 1. The van der Waals surface area contributed by atoms with Crippen molar-refractivity contribution in [3.63, 3.8) is 0 Å². The molecule has 1 N–H and O–H groups in total. The maximum absolute atomic E-state index is 12.2. The van der Waals surface area contributed by atoms with Gasteiger partial charge in [0.15, 0.2) is 0 Å². The number of hydrogen-bond donors (Lipinski definition) is 1. The Morgan fingerprint density at radius 2 is 1.65 bits per heavy atom. The van der Waals surface area contributed by atoms with Crippen LogP contribution in [0.5, 0.6) is 0 Å². The molecule has 0 spiro atoms. The fraction of sp³-hybridized carbons (Fsp3) is 0.100. The summed E-state index contributed by atoms with van der Waals surface area (Å²) in [7, 11) is 0. The van der Waals surface area contributed by atoms with Gasteiger partial charge < -0.3 is 9.84 Å². The van der Waals surface area contributed by atoms with Gasteiger partial charge in [-0.15, -0.1) is 0 Å². The van der Waals surface area contributed by atoms with Gasteiger partial charge in [0.05, 0.1) is 15.6 Å². The van der Waals surface area contributed by atoms with E-state index in [0.29, 0.717) is 5.02 Å². The van der Waals surface area contributed by atoms with Crippen LogP contribution in [-0.2, 0) is 16.0 Å². The zero-order chi connectivity index (χ0) is 18.7. The van der Waals surface area contributed by atoms with E-state index in [1.165, 1.54) is 18.2 Å². The van der Waals surface area contributed by atoms with E-state index in [1.807, 2.05) is 42.5 Å². The maximum atomic E-state index is 12.2. The fourth-order valence-electron chi connectivity index (χ4n) is 2.58. The zero-order valence-corrected chi connectivity index (χ0v) is 15.0. The Bertz CT molecular complexity index is 984. The third-order valence-electron chi connectivity index (χ3n) is 3.92. The molecule has 0 aliphatic rings. The summed E-state index contributed by atoms with van der Waals surface area (Å²) in [5, 5.41) is 12.0. The molecule has 0 aliphatic carbocycles. The van der Waals surface area contributed by atoms with Gasteiger partial charge >= 0.3 is 11.9 Å². The van der Waals surface area contributed by atoms with Gasteiger partial charge in [0, 0.05) is 6.42 Å². The molecule has 0 heterocycles. The van der Waals surface area contributed by atoms with Crippen LogP contribution in [0.3, 0.4) is 0 Å². The molecule has 3 aromatic carbocycles. The molecular formula is C20H14Cl2O4. The van der Waals surface area contributed by atoms with Crippen molar-refractivity contribution < 1.29 is 19.4 Å². The second-order valence-electron chi connectivity index (χ2n) is 5.75. The van der Waals surface area contributed by atoms with E-state index in [9.17, 15) is 14.7 Å². The van der Waals surface area contributed by atoms with Gasteiger partial charge in [0.1, 0.15) is 0 Å². The van der Waals surface area contributed by atoms with Crippen LogP contribution in [0.2, 0.25) is 10.0 Å². The van der Waals surface area contributed by atoms with Gasteiger partial charge in [0.25, 0.3) is 0 Å². The number of carbonyl (C=O) groups excluding carboxylic acids is 1. The summed E-state index contributed by atoms with van der Waals surface area (Å²) in [6, 6.07) is 17.6. The quantitative estimate of drug-likeness (QED) is 0.624. The molecule has 3 rings (SSSR count). The predicted molar refractivity (Wildman–Crippen MR) is 101 cm³/mol. The van der Waals surface area contributed by atoms with E-state index in [1.54, 1.807) is 0 Å². The lowest BCUT2D eigenvalue weighted by molar-refractivity contribution is -0.147. The van der Waals surface area contributed by atoms with Crippen LogP contribution in [0, 0.1) is 0 Å². The maximum Gasteiger partial charge on any atom is 0.345 e. The molecule has 0 saturated heterocycles. The summed E-state index contributed by atoms with van der Waals surface area (Å²) in [5.74, 6) is -1.98. The van der Waals surface area contributed by atoms with Crippen LogP contribution in [0.15, 0.2) is 60.7 Å². The van der Waals surface area contributed by atoms with Crippen LogP contribution in [0.25, 0.3) is 10.8 Å². The number of esters is 1. The highest BCUT2D eigenvalue weighted by atomic mass is 35.5. The molecule has 0 saturated carbocycles. The topological polar surface area (TPSA) is 63.6 Å². The van der Waals surface area contributed by atoms with Crippen LogP contribution in [0.4, 0.5) is 0 Å². The summed E-state index contributed by atoms with van der Waals surface area (Å²) < 4.78 is 5.17. The van der Waals surface area contributed by atoms with Crippen molar-refractivity contribution in [2.45, 2.75) is 12.5 Å². The minimum atomic E-state index is -1.31. The molecule has 132 valence electrons. The Morgan fingerprint density at radius 1 is 0.923 bits per heavy atom. The third-order valence-corrected chi connectivity index (χ3v) is 4.65. The van der Waals surface area contributed by atoms with Crippen LogP contribution in [-0.4, -0.2) is 23.1 Å². The van der Waals surface area contributed by atoms with Crippen LogP contribution >= 0.6 is 23.2 Å². The summed E-state index contributed by atoms with van der Waals surface area (Å²) in [6.45, 7) is 0. The van der Waals surface area contributed by atoms with Crippen molar-refractivity contribution >= 4 is 45.9 Å². The molecule has 0 fully saturated rings. The molecule has 3 aromatic rings. The highest BCUT2D eigenvalue weighted by Gasteiger charge is 2.24. The highest BCUT2D eigenvalue weighted by molar-refractivity contribution is 6.42. The second-order valence-corrected chi connectivity index (χ2v) is 6.56. The first-order valence-corrected chi connectivity index (χ1v) is 8.56. The molecule has 0 unspecified atom stereocenters. The largest absolute Gasteiger partial charge is 0.478 e. The second kappa shape index (κ2) is 7.77. The fourth-order valence-corrected chi connectivity index (χ4v) is 2.88. The summed E-state index contributed by atoms with van der Waals surface area (Å²) in [4.78, 5) is 23.8. The Balaban J connectivity index is 1.78. The van der Waals surface area contributed by atoms with E-state index in [2.05, 4.69) is 0 Å². The minimum absolute atomic E-state index is 0.0627. The van der Waals surface area contributed by atoms with E-state index in [0.717, 1.165) is 16.3 Å². The minimum Gasteiger partial charge on any atom is -0.478 e. The monoisotopic (exact) mass is 388 g/mol. The van der Waals surface area contributed by atoms with Gasteiger partial charge in [-0.2, -0.15) is 0 Å². The lowest BCUT2D eigenvalue weighted by Crippen LogP contribution is -2.29. The van der Waals surface area contributed by atoms with E-state index in [4.69, 9.17) is 27.9 Å². The number of carbonyl (C=O) groups is 2. The van der Waals surface area contributed by atoms with Gasteiger partial charge in [-0.25, -0.2) is 9.59 Å². The molecule has 0 aromatic heterocycles. The van der Waals surface area contributed by atoms with E-state index in [-0.39, 0.29) is 17.0 Å². The highest BCUT2D eigenvalue weighted by Crippen LogP contribution is 2.23. The SMILES string of the molecule is O=C(O[C@H](Cc1ccc2ccccc2c1)C(=O)O)c1ccc(Cl)c(Cl)c1. The lowest BCUT2D eigenvalue weighted by Gasteiger charge is -2.14. The number of aliphatic carboxylic acids is 1. The number of benzene rings is 3. The average molecular weight is 389 g/mol. The molecule has 0 aliphatic heterocycles. The van der Waals surface area contributed by atoms with Crippen molar-refractivity contribution in [2.24, 2.45) is 0 Å². The summed E-state index contributed by atoms with van der Waals surface area (Å²) in [6.07, 6.45) is -1.24. The lowest BCUT2D eigenvalue weighted by atomic mass is 10.0. The Labute approximate surface area is 159 Å². The number of carboxylic acid groups (broad SMARTS) is 1. The van der Waals surface area contributed by atoms with E-state index >= 15 is 0 Å². The number of hydrogen-bond acceptors (Lipinski definition) is 3. The Morgan fingerprint density at radius 3 is 2.35 bits per heavy atom. The first kappa shape index (κ1) is 18.2. The van der Waals surface area contributed by atoms with Crippen LogP contribution < -0.4 is 0 Å². The first-order chi connectivity index (χ1) is 12.4. The van der Waals surface area contributed by atoms with E-state index < -0.39 is 18.0 Å². The van der Waals surface area contributed by atoms with Crippen molar-refractivity contribution in [3.8, 4) is 0 Å². The van der Waals surface area contributed by atoms with Crippen molar-refractivity contribution in [1.82, 2.24) is 0 Å².